The van der Waals surface area contributed by atoms with Gasteiger partial charge in [0.25, 0.3) is 0 Å². The zero-order chi connectivity index (χ0) is 41.0. The van der Waals surface area contributed by atoms with E-state index in [2.05, 4.69) is 38.2 Å². The minimum Gasteiger partial charge on any atom is -0.462 e. The van der Waals surface area contributed by atoms with Crippen LogP contribution in [0, 0.1) is 0 Å². The molecule has 0 bridgehead atoms. The van der Waals surface area contributed by atoms with E-state index in [0.29, 0.717) is 19.3 Å². The Bertz CT molecular complexity index is 847. The standard InChI is InChI=1S/C50H97NO5/c1-4-7-10-13-16-19-21-23-24-25-26-28-31-33-36-39-42-48(53)47(45-52)51-49(54)44-46(41-38-35-32-30-27-22-20-17-14-11-8-5-2)56-50(55)43-40-37-34-29-18-15-12-9-6-3/h30,32,46-48,52-53H,4-29,31,33-45H2,1-3H3,(H,51,54)/b32-30-. The van der Waals surface area contributed by atoms with Crippen LogP contribution >= 0.6 is 0 Å². The van der Waals surface area contributed by atoms with Crippen LogP contribution < -0.4 is 5.32 Å². The van der Waals surface area contributed by atoms with Crippen molar-refractivity contribution >= 4 is 11.9 Å². The summed E-state index contributed by atoms with van der Waals surface area (Å²) in [6.07, 6.45) is 48.5. The second-order valence-corrected chi connectivity index (χ2v) is 17.2. The normalized spacial score (nSPS) is 13.3. The van der Waals surface area contributed by atoms with E-state index in [1.807, 2.05) is 0 Å². The monoisotopic (exact) mass is 792 g/mol. The Morgan fingerprint density at radius 1 is 0.500 bits per heavy atom. The first-order chi connectivity index (χ1) is 27.5. The molecular weight excluding hydrogens is 695 g/mol. The largest absolute Gasteiger partial charge is 0.462 e. The van der Waals surface area contributed by atoms with Crippen molar-refractivity contribution in [2.75, 3.05) is 6.61 Å². The molecule has 56 heavy (non-hydrogen) atoms. The molecule has 0 aliphatic rings. The van der Waals surface area contributed by atoms with E-state index in [1.54, 1.807) is 0 Å². The van der Waals surface area contributed by atoms with E-state index >= 15 is 0 Å². The van der Waals surface area contributed by atoms with Crippen LogP contribution in [0.15, 0.2) is 12.2 Å². The lowest BCUT2D eigenvalue weighted by molar-refractivity contribution is -0.151. The van der Waals surface area contributed by atoms with Crippen LogP contribution in [-0.2, 0) is 14.3 Å². The molecule has 6 heteroatoms. The molecule has 0 spiro atoms. The Balaban J connectivity index is 4.48. The van der Waals surface area contributed by atoms with Gasteiger partial charge in [-0.15, -0.1) is 0 Å². The van der Waals surface area contributed by atoms with Gasteiger partial charge >= 0.3 is 5.97 Å². The third-order valence-corrected chi connectivity index (χ3v) is 11.6. The van der Waals surface area contributed by atoms with Gasteiger partial charge in [-0.25, -0.2) is 0 Å². The van der Waals surface area contributed by atoms with Crippen molar-refractivity contribution in [2.45, 2.75) is 289 Å². The van der Waals surface area contributed by atoms with Crippen molar-refractivity contribution in [1.82, 2.24) is 5.32 Å². The van der Waals surface area contributed by atoms with Crippen LogP contribution in [0.25, 0.3) is 0 Å². The highest BCUT2D eigenvalue weighted by molar-refractivity contribution is 5.77. The topological polar surface area (TPSA) is 95.9 Å². The summed E-state index contributed by atoms with van der Waals surface area (Å²) in [5.74, 6) is -0.493. The summed E-state index contributed by atoms with van der Waals surface area (Å²) >= 11 is 0. The van der Waals surface area contributed by atoms with Crippen LogP contribution in [0.1, 0.15) is 271 Å². The van der Waals surface area contributed by atoms with Crippen molar-refractivity contribution in [1.29, 1.82) is 0 Å². The van der Waals surface area contributed by atoms with Gasteiger partial charge in [0.2, 0.25) is 5.91 Å². The van der Waals surface area contributed by atoms with E-state index in [9.17, 15) is 19.8 Å². The number of rotatable bonds is 45. The molecule has 0 rings (SSSR count). The van der Waals surface area contributed by atoms with Gasteiger partial charge in [0.15, 0.2) is 0 Å². The zero-order valence-corrected chi connectivity index (χ0v) is 37.8. The molecule has 332 valence electrons. The van der Waals surface area contributed by atoms with Crippen molar-refractivity contribution in [3.8, 4) is 0 Å². The third kappa shape index (κ3) is 39.4. The van der Waals surface area contributed by atoms with Crippen molar-refractivity contribution < 1.29 is 24.5 Å². The van der Waals surface area contributed by atoms with E-state index in [0.717, 1.165) is 51.4 Å². The number of carbonyl (C=O) groups excluding carboxylic acids is 2. The number of hydrogen-bond donors (Lipinski definition) is 3. The van der Waals surface area contributed by atoms with Gasteiger partial charge in [0, 0.05) is 6.42 Å². The summed E-state index contributed by atoms with van der Waals surface area (Å²) in [6.45, 7) is 6.47. The molecule has 0 saturated heterocycles. The molecule has 3 N–H and O–H groups in total. The van der Waals surface area contributed by atoms with Gasteiger partial charge in [0.1, 0.15) is 6.10 Å². The molecule has 3 unspecified atom stereocenters. The smallest absolute Gasteiger partial charge is 0.306 e. The van der Waals surface area contributed by atoms with Crippen LogP contribution in [0.3, 0.4) is 0 Å². The molecule has 0 aromatic heterocycles. The van der Waals surface area contributed by atoms with Crippen molar-refractivity contribution in [2.24, 2.45) is 0 Å². The number of nitrogens with one attached hydrogen (secondary N) is 1. The Kier molecular flexibility index (Phi) is 43.6. The summed E-state index contributed by atoms with van der Waals surface area (Å²) in [7, 11) is 0. The highest BCUT2D eigenvalue weighted by Gasteiger charge is 2.24. The fourth-order valence-electron chi connectivity index (χ4n) is 7.78. The minimum absolute atomic E-state index is 0.0630. The summed E-state index contributed by atoms with van der Waals surface area (Å²) in [6, 6.07) is -0.702. The van der Waals surface area contributed by atoms with Crippen LogP contribution in [0.4, 0.5) is 0 Å². The van der Waals surface area contributed by atoms with Crippen LogP contribution in [0.2, 0.25) is 0 Å². The Labute approximate surface area is 349 Å². The zero-order valence-electron chi connectivity index (χ0n) is 37.8. The highest BCUT2D eigenvalue weighted by atomic mass is 16.5. The number of ether oxygens (including phenoxy) is 1. The molecular formula is C50H97NO5. The Hall–Kier alpha value is -1.40. The number of allylic oxidation sites excluding steroid dienone is 2. The predicted octanol–water partition coefficient (Wildman–Crippen LogP) is 14.6. The van der Waals surface area contributed by atoms with E-state index < -0.39 is 18.2 Å². The van der Waals surface area contributed by atoms with Gasteiger partial charge in [-0.1, -0.05) is 226 Å². The number of esters is 1. The quantitative estimate of drug-likeness (QED) is 0.0324. The molecule has 3 atom stereocenters. The SMILES string of the molecule is CCCCCCCCC/C=C\CCCC(CC(=O)NC(CO)C(O)CCCCCCCCCCCCCCCCCC)OC(=O)CCCCCCCCCCC. The van der Waals surface area contributed by atoms with E-state index in [1.165, 1.54) is 173 Å². The fraction of sp³-hybridized carbons (Fsp3) is 0.920. The molecule has 0 saturated carbocycles. The first-order valence-corrected chi connectivity index (χ1v) is 24.9. The van der Waals surface area contributed by atoms with E-state index in [-0.39, 0.29) is 24.9 Å². The lowest BCUT2D eigenvalue weighted by atomic mass is 10.0. The predicted molar refractivity (Wildman–Crippen MR) is 241 cm³/mol. The molecule has 6 nitrogen and oxygen atoms in total. The van der Waals surface area contributed by atoms with Gasteiger partial charge < -0.3 is 20.3 Å². The summed E-state index contributed by atoms with van der Waals surface area (Å²) < 4.78 is 5.88. The number of aliphatic hydroxyl groups excluding tert-OH is 2. The summed E-state index contributed by atoms with van der Waals surface area (Å²) in [5, 5.41) is 23.7. The van der Waals surface area contributed by atoms with Crippen LogP contribution in [0.5, 0.6) is 0 Å². The number of amides is 1. The maximum absolute atomic E-state index is 13.1. The van der Waals surface area contributed by atoms with Gasteiger partial charge in [-0.05, 0) is 44.9 Å². The fourth-order valence-corrected chi connectivity index (χ4v) is 7.78. The summed E-state index contributed by atoms with van der Waals surface area (Å²) in [5.41, 5.74) is 0. The maximum atomic E-state index is 13.1. The molecule has 0 aromatic rings. The average molecular weight is 792 g/mol. The summed E-state index contributed by atoms with van der Waals surface area (Å²) in [4.78, 5) is 26.0. The lowest BCUT2D eigenvalue weighted by Crippen LogP contribution is -2.46. The number of aliphatic hydroxyl groups is 2. The molecule has 0 aliphatic heterocycles. The van der Waals surface area contributed by atoms with Crippen LogP contribution in [-0.4, -0.2) is 46.9 Å². The molecule has 0 heterocycles. The molecule has 0 radical (unpaired) electrons. The minimum atomic E-state index is -0.787. The lowest BCUT2D eigenvalue weighted by Gasteiger charge is -2.24. The molecule has 1 amide bonds. The first-order valence-electron chi connectivity index (χ1n) is 24.9. The van der Waals surface area contributed by atoms with E-state index in [4.69, 9.17) is 4.74 Å². The maximum Gasteiger partial charge on any atom is 0.306 e. The molecule has 0 aliphatic carbocycles. The highest BCUT2D eigenvalue weighted by Crippen LogP contribution is 2.17. The van der Waals surface area contributed by atoms with Gasteiger partial charge in [-0.2, -0.15) is 0 Å². The Morgan fingerprint density at radius 3 is 1.30 bits per heavy atom. The molecule has 0 aromatic carbocycles. The number of carbonyl (C=O) groups is 2. The third-order valence-electron chi connectivity index (χ3n) is 11.6. The second-order valence-electron chi connectivity index (χ2n) is 17.2. The Morgan fingerprint density at radius 2 is 0.875 bits per heavy atom. The van der Waals surface area contributed by atoms with Crippen molar-refractivity contribution in [3.63, 3.8) is 0 Å². The number of unbranched alkanes of at least 4 members (excludes halogenated alkanes) is 31. The second kappa shape index (κ2) is 44.7. The van der Waals surface area contributed by atoms with Crippen molar-refractivity contribution in [3.05, 3.63) is 12.2 Å². The first kappa shape index (κ1) is 54.6. The average Bonchev–Trinajstić information content (AvgIpc) is 3.19. The number of hydrogen-bond acceptors (Lipinski definition) is 5. The van der Waals surface area contributed by atoms with Gasteiger partial charge in [0.05, 0.1) is 25.2 Å². The molecule has 0 fully saturated rings. The van der Waals surface area contributed by atoms with Gasteiger partial charge in [-0.3, -0.25) is 9.59 Å².